The highest BCUT2D eigenvalue weighted by Gasteiger charge is 2.69. The van der Waals surface area contributed by atoms with Crippen molar-refractivity contribution in [3.05, 3.63) is 35.5 Å². The number of hydrogen-bond acceptors (Lipinski definition) is 3. The summed E-state index contributed by atoms with van der Waals surface area (Å²) in [5.74, 6) is 3.85. The van der Waals surface area contributed by atoms with Crippen LogP contribution in [0.4, 0.5) is 0 Å². The molecule has 0 radical (unpaired) electrons. The fraction of sp³-hybridized carbons (Fsp3) is 0.784. The number of ketones is 2. The highest BCUT2D eigenvalue weighted by atomic mass is 16.3. The number of allylic oxidation sites excluding steroid dienone is 6. The van der Waals surface area contributed by atoms with E-state index in [0.717, 1.165) is 31.3 Å². The van der Waals surface area contributed by atoms with E-state index >= 15 is 0 Å². The summed E-state index contributed by atoms with van der Waals surface area (Å²) in [5.41, 5.74) is 0.556. The van der Waals surface area contributed by atoms with Crippen molar-refractivity contribution in [1.82, 2.24) is 0 Å². The number of hydrogen-bond donors (Lipinski definition) is 1. The Morgan fingerprint density at radius 2 is 1.82 bits per heavy atom. The van der Waals surface area contributed by atoms with Crippen molar-refractivity contribution in [2.24, 2.45) is 69.5 Å². The van der Waals surface area contributed by atoms with Crippen LogP contribution in [0.1, 0.15) is 107 Å². The Balaban J connectivity index is 1.49. The Morgan fingerprint density at radius 3 is 2.42 bits per heavy atom. The van der Waals surface area contributed by atoms with Crippen LogP contribution < -0.4 is 0 Å². The van der Waals surface area contributed by atoms with Crippen LogP contribution in [0.15, 0.2) is 35.5 Å². The minimum Gasteiger partial charge on any atom is -0.392 e. The van der Waals surface area contributed by atoms with Gasteiger partial charge in [0.1, 0.15) is 0 Å². The van der Waals surface area contributed by atoms with E-state index in [1.807, 2.05) is 6.92 Å². The maximum atomic E-state index is 14.2. The molecule has 5 aliphatic rings. The molecule has 1 N–H and O–H groups in total. The summed E-state index contributed by atoms with van der Waals surface area (Å²) in [6.45, 7) is 19.9. The second-order valence-electron chi connectivity index (χ2n) is 16.2. The van der Waals surface area contributed by atoms with E-state index in [4.69, 9.17) is 0 Å². The first-order valence-electron chi connectivity index (χ1n) is 16.4. The van der Waals surface area contributed by atoms with Gasteiger partial charge in [-0.15, -0.1) is 0 Å². The van der Waals surface area contributed by atoms with E-state index in [2.05, 4.69) is 72.8 Å². The van der Waals surface area contributed by atoms with Gasteiger partial charge in [-0.25, -0.2) is 0 Å². The first kappa shape index (κ1) is 30.0. The maximum absolute atomic E-state index is 14.2. The molecule has 3 heteroatoms. The minimum atomic E-state index is -0.638. The van der Waals surface area contributed by atoms with Gasteiger partial charge in [-0.05, 0) is 123 Å². The summed E-state index contributed by atoms with van der Waals surface area (Å²) < 4.78 is 0. The third kappa shape index (κ3) is 4.38. The molecule has 3 nitrogen and oxygen atoms in total. The lowest BCUT2D eigenvalue weighted by Gasteiger charge is -2.69. The summed E-state index contributed by atoms with van der Waals surface area (Å²) in [7, 11) is 0. The first-order valence-corrected chi connectivity index (χ1v) is 16.4. The Labute approximate surface area is 244 Å². The van der Waals surface area contributed by atoms with Crippen molar-refractivity contribution in [2.45, 2.75) is 113 Å². The summed E-state index contributed by atoms with van der Waals surface area (Å²) in [6, 6.07) is 0. The molecule has 0 aromatic rings. The maximum Gasteiger partial charge on any atom is 0.173 e. The molecular weight excluding hydrogens is 492 g/mol. The molecule has 0 amide bonds. The van der Waals surface area contributed by atoms with Crippen LogP contribution in [0.3, 0.4) is 0 Å². The van der Waals surface area contributed by atoms with E-state index in [-0.39, 0.29) is 40.2 Å². The lowest BCUT2D eigenvalue weighted by Crippen LogP contribution is -2.68. The number of carbonyl (C=O) groups excluding carboxylic acids is 2. The second kappa shape index (κ2) is 10.4. The number of aliphatic hydroxyl groups is 1. The minimum absolute atomic E-state index is 0.0124. The highest BCUT2D eigenvalue weighted by Crippen LogP contribution is 2.71. The van der Waals surface area contributed by atoms with Gasteiger partial charge in [0.15, 0.2) is 11.6 Å². The topological polar surface area (TPSA) is 54.4 Å². The molecule has 3 fully saturated rings. The van der Waals surface area contributed by atoms with Crippen LogP contribution in [0.2, 0.25) is 0 Å². The molecule has 12 unspecified atom stereocenters. The SMILES string of the molecule is CC(=O)C1=C(C)CC2(C)CC3(C)CC4C(C(C)C)CC(CCC5C=CC=CC5)C(C)C4C(O)C3C(C)C2(C)C1=O. The summed E-state index contributed by atoms with van der Waals surface area (Å²) in [4.78, 5) is 26.9. The summed E-state index contributed by atoms with van der Waals surface area (Å²) in [6.07, 6.45) is 16.5. The fourth-order valence-electron chi connectivity index (χ4n) is 11.7. The smallest absolute Gasteiger partial charge is 0.173 e. The molecule has 0 saturated heterocycles. The van der Waals surface area contributed by atoms with E-state index in [9.17, 15) is 14.7 Å². The average Bonchev–Trinajstić information content (AvgIpc) is 2.85. The molecule has 5 aliphatic carbocycles. The Hall–Kier alpha value is -1.48. The molecule has 0 aromatic heterocycles. The van der Waals surface area contributed by atoms with Crippen LogP contribution in [0, 0.1) is 69.5 Å². The van der Waals surface area contributed by atoms with Crippen molar-refractivity contribution in [1.29, 1.82) is 0 Å². The van der Waals surface area contributed by atoms with Crippen LogP contribution >= 0.6 is 0 Å². The molecule has 3 saturated carbocycles. The molecule has 40 heavy (non-hydrogen) atoms. The highest BCUT2D eigenvalue weighted by molar-refractivity contribution is 6.22. The molecule has 0 spiro atoms. The Morgan fingerprint density at radius 1 is 1.12 bits per heavy atom. The third-order valence-corrected chi connectivity index (χ3v) is 13.7. The molecule has 0 heterocycles. The number of fused-ring (bicyclic) bond motifs is 3. The second-order valence-corrected chi connectivity index (χ2v) is 16.2. The Bertz CT molecular complexity index is 1130. The van der Waals surface area contributed by atoms with Gasteiger partial charge in [-0.3, -0.25) is 9.59 Å². The predicted molar refractivity (Wildman–Crippen MR) is 163 cm³/mol. The molecular formula is C37H56O3. The van der Waals surface area contributed by atoms with E-state index in [0.29, 0.717) is 41.1 Å². The largest absolute Gasteiger partial charge is 0.392 e. The molecule has 5 rings (SSSR count). The van der Waals surface area contributed by atoms with Gasteiger partial charge in [-0.2, -0.15) is 0 Å². The summed E-state index contributed by atoms with van der Waals surface area (Å²) in [5, 5.41) is 12.5. The molecule has 0 aromatic carbocycles. The standard InChI is InChI=1S/C37H56O3/c1-21(2)28-17-27(16-15-26-13-11-10-12-14-26)23(4)31-29(28)19-35(7)20-36(8)18-22(3)30(25(6)38)34(40)37(36,9)24(5)32(35)33(31)39/h10-13,21,23-24,26-29,31-33,39H,14-20H2,1-9H3. The zero-order valence-corrected chi connectivity index (χ0v) is 26.8. The monoisotopic (exact) mass is 548 g/mol. The normalized spacial score (nSPS) is 48.6. The van der Waals surface area contributed by atoms with Crippen LogP contribution in [0.5, 0.6) is 0 Å². The van der Waals surface area contributed by atoms with Crippen LogP contribution in [-0.2, 0) is 9.59 Å². The summed E-state index contributed by atoms with van der Waals surface area (Å²) >= 11 is 0. The zero-order valence-electron chi connectivity index (χ0n) is 26.8. The van der Waals surface area contributed by atoms with Crippen molar-refractivity contribution in [2.75, 3.05) is 0 Å². The van der Waals surface area contributed by atoms with Gasteiger partial charge in [-0.1, -0.05) is 78.3 Å². The van der Waals surface area contributed by atoms with Crippen LogP contribution in [0.25, 0.3) is 0 Å². The van der Waals surface area contributed by atoms with Gasteiger partial charge < -0.3 is 5.11 Å². The first-order chi connectivity index (χ1) is 18.7. The lowest BCUT2D eigenvalue weighted by molar-refractivity contribution is -0.228. The average molecular weight is 549 g/mol. The van der Waals surface area contributed by atoms with Crippen molar-refractivity contribution in [3.8, 4) is 0 Å². The molecule has 0 bridgehead atoms. The van der Waals surface area contributed by atoms with Crippen molar-refractivity contribution in [3.63, 3.8) is 0 Å². The fourth-order valence-corrected chi connectivity index (χ4v) is 11.7. The van der Waals surface area contributed by atoms with Gasteiger partial charge in [0, 0.05) is 5.41 Å². The van der Waals surface area contributed by atoms with Gasteiger partial charge in [0.25, 0.3) is 0 Å². The van der Waals surface area contributed by atoms with Gasteiger partial charge in [0.05, 0.1) is 11.7 Å². The predicted octanol–water partition coefficient (Wildman–Crippen LogP) is 8.38. The van der Waals surface area contributed by atoms with Crippen LogP contribution in [-0.4, -0.2) is 22.8 Å². The lowest BCUT2D eigenvalue weighted by atomic mass is 9.35. The number of carbonyl (C=O) groups is 2. The molecule has 12 atom stereocenters. The number of rotatable bonds is 5. The van der Waals surface area contributed by atoms with Crippen molar-refractivity contribution < 1.29 is 14.7 Å². The van der Waals surface area contributed by atoms with E-state index < -0.39 is 11.5 Å². The third-order valence-electron chi connectivity index (χ3n) is 13.7. The van der Waals surface area contributed by atoms with Crippen molar-refractivity contribution >= 4 is 11.6 Å². The number of Topliss-reactive ketones (excluding diaryl/α,β-unsaturated/α-hetero) is 2. The number of aliphatic hydroxyl groups excluding tert-OH is 1. The van der Waals surface area contributed by atoms with Gasteiger partial charge >= 0.3 is 0 Å². The Kier molecular flexibility index (Phi) is 7.76. The van der Waals surface area contributed by atoms with Gasteiger partial charge in [0.2, 0.25) is 0 Å². The zero-order chi connectivity index (χ0) is 29.4. The molecule has 222 valence electrons. The van der Waals surface area contributed by atoms with E-state index in [1.165, 1.54) is 19.3 Å². The van der Waals surface area contributed by atoms with E-state index in [1.54, 1.807) is 6.92 Å². The quantitative estimate of drug-likeness (QED) is 0.351. The molecule has 0 aliphatic heterocycles.